The van der Waals surface area contributed by atoms with Gasteiger partial charge in [0.25, 0.3) is 0 Å². The second kappa shape index (κ2) is 20.9. The van der Waals surface area contributed by atoms with Gasteiger partial charge in [-0.1, -0.05) is 157 Å². The summed E-state index contributed by atoms with van der Waals surface area (Å²) in [6.07, 6.45) is -1.04. The Morgan fingerprint density at radius 1 is 0.542 bits per heavy atom. The van der Waals surface area contributed by atoms with Crippen molar-refractivity contribution in [3.05, 3.63) is 208 Å². The summed E-state index contributed by atoms with van der Waals surface area (Å²) in [5.41, 5.74) is 7.27. The molecule has 6 aromatic carbocycles. The zero-order valence-corrected chi connectivity index (χ0v) is 33.9. The van der Waals surface area contributed by atoms with Gasteiger partial charge in [-0.05, 0) is 63.6 Å². The normalized spacial score (nSPS) is 21.6. The number of halogens is 1. The van der Waals surface area contributed by atoms with Crippen LogP contribution < -0.4 is 4.74 Å². The highest BCUT2D eigenvalue weighted by molar-refractivity contribution is 6.31. The largest absolute Gasteiger partial charge is 0.488 e. The Hall–Kier alpha value is -4.83. The lowest BCUT2D eigenvalue weighted by molar-refractivity contribution is -0.275. The molecule has 0 N–H and O–H groups in total. The molecule has 2 aliphatic heterocycles. The Kier molecular flexibility index (Phi) is 14.5. The first-order chi connectivity index (χ1) is 29.1. The summed E-state index contributed by atoms with van der Waals surface area (Å²) in [5.74, 6) is 0.837. The zero-order chi connectivity index (χ0) is 40.1. The van der Waals surface area contributed by atoms with Crippen LogP contribution in [0.2, 0.25) is 5.02 Å². The summed E-state index contributed by atoms with van der Waals surface area (Å²) in [5, 5.41) is 0.679. The van der Waals surface area contributed by atoms with Crippen LogP contribution in [0.5, 0.6) is 5.75 Å². The molecule has 59 heavy (non-hydrogen) atoms. The van der Waals surface area contributed by atoms with Crippen LogP contribution in [0.25, 0.3) is 0 Å². The molecule has 0 bridgehead atoms. The number of benzene rings is 6. The first-order valence-corrected chi connectivity index (χ1v) is 20.9. The molecule has 0 radical (unpaired) electrons. The first kappa shape index (κ1) is 40.9. The fourth-order valence-electron chi connectivity index (χ4n) is 7.67. The summed E-state index contributed by atoms with van der Waals surface area (Å²) < 4.78 is 46.1. The predicted octanol–water partition coefficient (Wildman–Crippen LogP) is 10.5. The van der Waals surface area contributed by atoms with E-state index in [1.807, 2.05) is 97.1 Å². The number of ether oxygens (including phenoxy) is 7. The van der Waals surface area contributed by atoms with Gasteiger partial charge in [-0.3, -0.25) is 0 Å². The Balaban J connectivity index is 1.12. The molecule has 7 nitrogen and oxygen atoms in total. The standard InChI is InChI=1S/C51H51ClO7/c52-46-26-23-42(30-43(46)29-37-21-24-44(25-22-37)58-45-27-28-53-35-45)48-50(56-33-40-17-9-3-10-18-40)51(57-34-41-19-11-4-12-20-41)49(55-32-39-15-7-2-8-16-39)47(59-48)36-54-31-38-13-5-1-6-14-38/h1-26,30,45,47-51H,27-29,31-36H2/t45-,47+,48-,49+,50-,51-/m0/s1. The van der Waals surface area contributed by atoms with Crippen molar-refractivity contribution in [1.82, 2.24) is 0 Å². The predicted molar refractivity (Wildman–Crippen MR) is 229 cm³/mol. The molecule has 8 heteroatoms. The van der Waals surface area contributed by atoms with Crippen LogP contribution >= 0.6 is 11.6 Å². The quantitative estimate of drug-likeness (QED) is 0.0857. The van der Waals surface area contributed by atoms with Gasteiger partial charge < -0.3 is 33.2 Å². The fraction of sp³-hybridized carbons (Fsp3) is 0.294. The molecule has 0 aliphatic carbocycles. The molecule has 2 aliphatic rings. The molecular formula is C51H51ClO7. The maximum atomic E-state index is 7.19. The highest BCUT2D eigenvalue weighted by Crippen LogP contribution is 2.40. The van der Waals surface area contributed by atoms with E-state index in [4.69, 9.17) is 44.8 Å². The van der Waals surface area contributed by atoms with Crippen LogP contribution in [0.1, 0.15) is 51.5 Å². The second-order valence-corrected chi connectivity index (χ2v) is 15.6. The Bertz CT molecular complexity index is 2130. The lowest BCUT2D eigenvalue weighted by Gasteiger charge is -2.46. The molecule has 0 aromatic heterocycles. The molecule has 304 valence electrons. The van der Waals surface area contributed by atoms with Gasteiger partial charge >= 0.3 is 0 Å². The zero-order valence-electron chi connectivity index (χ0n) is 33.2. The topological polar surface area (TPSA) is 64.6 Å². The lowest BCUT2D eigenvalue weighted by Crippen LogP contribution is -2.58. The third kappa shape index (κ3) is 11.5. The maximum Gasteiger partial charge on any atom is 0.124 e. The molecular weight excluding hydrogens is 760 g/mol. The van der Waals surface area contributed by atoms with E-state index in [1.165, 1.54) is 0 Å². The summed E-state index contributed by atoms with van der Waals surface area (Å²) in [6.45, 7) is 3.18. The maximum absolute atomic E-state index is 7.19. The van der Waals surface area contributed by atoms with Crippen molar-refractivity contribution in [2.45, 2.75) is 75.9 Å². The van der Waals surface area contributed by atoms with Crippen molar-refractivity contribution in [1.29, 1.82) is 0 Å². The molecule has 0 amide bonds. The van der Waals surface area contributed by atoms with Crippen LogP contribution in [-0.4, -0.2) is 50.3 Å². The van der Waals surface area contributed by atoms with E-state index in [1.54, 1.807) is 0 Å². The fourth-order valence-corrected chi connectivity index (χ4v) is 7.85. The van der Waals surface area contributed by atoms with E-state index in [0.29, 0.717) is 44.5 Å². The Morgan fingerprint density at radius 3 is 1.64 bits per heavy atom. The van der Waals surface area contributed by atoms with Crippen molar-refractivity contribution in [2.24, 2.45) is 0 Å². The van der Waals surface area contributed by atoms with E-state index in [9.17, 15) is 0 Å². The molecule has 2 fully saturated rings. The molecule has 6 aromatic rings. The average Bonchev–Trinajstić information content (AvgIpc) is 3.80. The Morgan fingerprint density at radius 2 is 1.08 bits per heavy atom. The van der Waals surface area contributed by atoms with Gasteiger partial charge in [-0.2, -0.15) is 0 Å². The highest BCUT2D eigenvalue weighted by atomic mass is 35.5. The minimum atomic E-state index is -0.560. The SMILES string of the molecule is Clc1ccc([C@@H]2O[C@H](COCc3ccccc3)[C@@H](OCc3ccccc3)[C@H](OCc3ccccc3)[C@H]2OCc2ccccc2)cc1Cc1ccc(O[C@H]2CCOC2)cc1. The molecule has 0 spiro atoms. The summed E-state index contributed by atoms with van der Waals surface area (Å²) in [6, 6.07) is 55.1. The number of hydrogen-bond acceptors (Lipinski definition) is 7. The van der Waals surface area contributed by atoms with Crippen molar-refractivity contribution in [3.63, 3.8) is 0 Å². The third-order valence-corrected chi connectivity index (χ3v) is 11.2. The average molecular weight is 811 g/mol. The molecule has 0 saturated carbocycles. The third-order valence-electron chi connectivity index (χ3n) is 10.8. The van der Waals surface area contributed by atoms with E-state index < -0.39 is 30.5 Å². The molecule has 2 heterocycles. The van der Waals surface area contributed by atoms with E-state index in [-0.39, 0.29) is 12.7 Å². The Labute approximate surface area is 352 Å². The molecule has 8 rings (SSSR count). The highest BCUT2D eigenvalue weighted by Gasteiger charge is 2.49. The molecule has 0 unspecified atom stereocenters. The van der Waals surface area contributed by atoms with Crippen LogP contribution in [0.3, 0.4) is 0 Å². The summed E-state index contributed by atoms with van der Waals surface area (Å²) in [4.78, 5) is 0. The van der Waals surface area contributed by atoms with Gasteiger partial charge in [0.1, 0.15) is 42.4 Å². The minimum Gasteiger partial charge on any atom is -0.488 e. The minimum absolute atomic E-state index is 0.0934. The van der Waals surface area contributed by atoms with E-state index in [2.05, 4.69) is 66.7 Å². The van der Waals surface area contributed by atoms with Gasteiger partial charge in [0.2, 0.25) is 0 Å². The number of hydrogen-bond donors (Lipinski definition) is 0. The first-order valence-electron chi connectivity index (χ1n) is 20.5. The van der Waals surface area contributed by atoms with Crippen LogP contribution in [0.15, 0.2) is 164 Å². The second-order valence-electron chi connectivity index (χ2n) is 15.2. The van der Waals surface area contributed by atoms with Crippen molar-refractivity contribution < 1.29 is 33.2 Å². The molecule has 6 atom stereocenters. The van der Waals surface area contributed by atoms with E-state index in [0.717, 1.165) is 57.7 Å². The van der Waals surface area contributed by atoms with Crippen LogP contribution in [-0.2, 0) is 61.3 Å². The summed E-state index contributed by atoms with van der Waals surface area (Å²) >= 11 is 6.96. The van der Waals surface area contributed by atoms with Gasteiger partial charge in [0.15, 0.2) is 0 Å². The van der Waals surface area contributed by atoms with Crippen molar-refractivity contribution in [2.75, 3.05) is 19.8 Å². The van der Waals surface area contributed by atoms with Gasteiger partial charge in [0.05, 0.1) is 46.2 Å². The van der Waals surface area contributed by atoms with Crippen molar-refractivity contribution in [3.8, 4) is 5.75 Å². The van der Waals surface area contributed by atoms with Gasteiger partial charge in [-0.25, -0.2) is 0 Å². The van der Waals surface area contributed by atoms with Crippen LogP contribution in [0.4, 0.5) is 0 Å². The van der Waals surface area contributed by atoms with E-state index >= 15 is 0 Å². The van der Waals surface area contributed by atoms with Gasteiger partial charge in [0, 0.05) is 11.4 Å². The smallest absolute Gasteiger partial charge is 0.124 e. The summed E-state index contributed by atoms with van der Waals surface area (Å²) in [7, 11) is 0. The monoisotopic (exact) mass is 810 g/mol. The van der Waals surface area contributed by atoms with Crippen LogP contribution in [0, 0.1) is 0 Å². The van der Waals surface area contributed by atoms with Crippen molar-refractivity contribution >= 4 is 11.6 Å². The number of rotatable bonds is 18. The van der Waals surface area contributed by atoms with Gasteiger partial charge in [-0.15, -0.1) is 0 Å². The lowest BCUT2D eigenvalue weighted by atomic mass is 9.89. The molecule has 2 saturated heterocycles.